The average molecular weight is 391 g/mol. The Morgan fingerprint density at radius 2 is 2.27 bits per heavy atom. The second kappa shape index (κ2) is 5.36. The van der Waals surface area contributed by atoms with E-state index in [2.05, 4.69) is 19.1 Å². The number of fused-ring (bicyclic) bond motifs is 1. The van der Waals surface area contributed by atoms with Crippen molar-refractivity contribution in [2.45, 2.75) is 6.92 Å². The maximum Gasteiger partial charge on any atom is 0 e. The summed E-state index contributed by atoms with van der Waals surface area (Å²) in [6.45, 7) is 2.08. The van der Waals surface area contributed by atoms with Crippen molar-refractivity contribution >= 4 is 33.7 Å². The summed E-state index contributed by atoms with van der Waals surface area (Å²) in [5, 5.41) is 9.75. The predicted octanol–water partition coefficient (Wildman–Crippen LogP) is 3.66. The van der Waals surface area contributed by atoms with E-state index in [1.807, 2.05) is 18.2 Å². The summed E-state index contributed by atoms with van der Waals surface area (Å²) in [7, 11) is 0. The molecule has 1 nitrogen and oxygen atoms in total. The molecular formula is C12H9IrNS-2. The number of rotatable bonds is 2. The molecule has 0 atom stereocenters. The number of hydrogen-bond acceptors (Lipinski definition) is 1. The Labute approximate surface area is 107 Å². The van der Waals surface area contributed by atoms with E-state index in [4.69, 9.17) is 5.41 Å². The van der Waals surface area contributed by atoms with Crippen molar-refractivity contribution in [3.8, 4) is 0 Å². The molecule has 0 spiro atoms. The van der Waals surface area contributed by atoms with Gasteiger partial charge in [-0.3, -0.25) is 0 Å². The molecule has 15 heavy (non-hydrogen) atoms. The van der Waals surface area contributed by atoms with Gasteiger partial charge < -0.3 is 5.41 Å². The number of thiophene rings is 1. The molecule has 0 aliphatic carbocycles. The van der Waals surface area contributed by atoms with Crippen molar-refractivity contribution in [2.24, 2.45) is 0 Å². The van der Waals surface area contributed by atoms with Gasteiger partial charge in [-0.2, -0.15) is 17.6 Å². The molecule has 0 saturated carbocycles. The van der Waals surface area contributed by atoms with Crippen LogP contribution in [0.15, 0.2) is 24.3 Å². The fraction of sp³-hybridized carbons (Fsp3) is 0.0833. The first-order valence-electron chi connectivity index (χ1n) is 4.37. The Morgan fingerprint density at radius 1 is 1.47 bits per heavy atom. The molecular weight excluding hydrogens is 382 g/mol. The van der Waals surface area contributed by atoms with Gasteiger partial charge >= 0.3 is 0 Å². The largest absolute Gasteiger partial charge is 0.811 e. The zero-order valence-corrected chi connectivity index (χ0v) is 11.4. The van der Waals surface area contributed by atoms with Crippen LogP contribution in [0.5, 0.6) is 0 Å². The number of allylic oxidation sites excluding steroid dienone is 1. The molecule has 1 aromatic heterocycles. The summed E-state index contributed by atoms with van der Waals surface area (Å²) < 4.78 is 1.24. The molecule has 0 aliphatic heterocycles. The summed E-state index contributed by atoms with van der Waals surface area (Å²) in [6.07, 6.45) is 4.60. The maximum atomic E-state index is 8.58. The molecule has 0 aliphatic rings. The fourth-order valence-corrected chi connectivity index (χ4v) is 2.51. The molecule has 0 bridgehead atoms. The van der Waals surface area contributed by atoms with Gasteiger partial charge in [0.15, 0.2) is 0 Å². The molecule has 0 saturated heterocycles. The summed E-state index contributed by atoms with van der Waals surface area (Å²) in [5.41, 5.74) is 1.23. The van der Waals surface area contributed by atoms with Gasteiger partial charge in [0.25, 0.3) is 0 Å². The van der Waals surface area contributed by atoms with Gasteiger partial charge in [-0.1, -0.05) is 23.8 Å². The molecule has 3 heteroatoms. The zero-order chi connectivity index (χ0) is 9.97. The first-order valence-corrected chi connectivity index (χ1v) is 5.18. The van der Waals surface area contributed by atoms with Crippen LogP contribution in [-0.4, -0.2) is 6.21 Å². The van der Waals surface area contributed by atoms with Crippen LogP contribution in [0.4, 0.5) is 0 Å². The second-order valence-corrected chi connectivity index (χ2v) is 4.09. The van der Waals surface area contributed by atoms with Crippen LogP contribution >= 0.6 is 11.3 Å². The number of hydrogen-bond donors (Lipinski definition) is 0. The molecule has 0 fully saturated rings. The Balaban J connectivity index is 0.00000112. The van der Waals surface area contributed by atoms with Crippen LogP contribution in [0.3, 0.4) is 0 Å². The minimum Gasteiger partial charge on any atom is -0.811 e. The minimum absolute atomic E-state index is 0. The normalized spacial score (nSPS) is 10.5. The Morgan fingerprint density at radius 3 is 2.93 bits per heavy atom. The van der Waals surface area contributed by atoms with E-state index in [9.17, 15) is 0 Å². The second-order valence-electron chi connectivity index (χ2n) is 3.01. The minimum atomic E-state index is 0. The van der Waals surface area contributed by atoms with Crippen molar-refractivity contribution in [1.82, 2.24) is 0 Å². The van der Waals surface area contributed by atoms with E-state index in [-0.39, 0.29) is 20.1 Å². The fourth-order valence-electron chi connectivity index (χ4n) is 1.41. The summed E-state index contributed by atoms with van der Waals surface area (Å²) in [6, 6.07) is 9.22. The van der Waals surface area contributed by atoms with Gasteiger partial charge in [0.05, 0.1) is 0 Å². The van der Waals surface area contributed by atoms with Gasteiger partial charge in [0, 0.05) is 20.1 Å². The first-order chi connectivity index (χ1) is 6.83. The van der Waals surface area contributed by atoms with Crippen molar-refractivity contribution in [2.75, 3.05) is 0 Å². The van der Waals surface area contributed by atoms with Gasteiger partial charge in [0.1, 0.15) is 0 Å². The van der Waals surface area contributed by atoms with Crippen LogP contribution in [0.25, 0.3) is 21.6 Å². The first kappa shape index (κ1) is 12.3. The van der Waals surface area contributed by atoms with Crippen molar-refractivity contribution in [3.05, 3.63) is 46.2 Å². The van der Waals surface area contributed by atoms with Crippen LogP contribution in [-0.2, 0) is 20.1 Å². The molecule has 1 heterocycles. The zero-order valence-electron chi connectivity index (χ0n) is 8.15. The van der Waals surface area contributed by atoms with Crippen molar-refractivity contribution in [1.29, 1.82) is 0 Å². The molecule has 0 unspecified atom stereocenters. The molecule has 2 aromatic rings. The average Bonchev–Trinajstić information content (AvgIpc) is 2.54. The van der Waals surface area contributed by atoms with E-state index in [0.717, 1.165) is 6.21 Å². The van der Waals surface area contributed by atoms with Crippen LogP contribution < -0.4 is 0 Å². The van der Waals surface area contributed by atoms with Crippen LogP contribution in [0.2, 0.25) is 0 Å². The van der Waals surface area contributed by atoms with E-state index >= 15 is 0 Å². The maximum absolute atomic E-state index is 8.58. The number of aryl methyl sites for hydroxylation is 1. The molecule has 2 rings (SSSR count). The predicted molar refractivity (Wildman–Crippen MR) is 63.9 cm³/mol. The summed E-state index contributed by atoms with van der Waals surface area (Å²) in [4.78, 5) is 1.17. The van der Waals surface area contributed by atoms with Gasteiger partial charge in [-0.25, -0.2) is 0 Å². The van der Waals surface area contributed by atoms with E-state index in [1.54, 1.807) is 17.4 Å². The summed E-state index contributed by atoms with van der Waals surface area (Å²) in [5.74, 6) is 0. The van der Waals surface area contributed by atoms with E-state index < -0.39 is 0 Å². The van der Waals surface area contributed by atoms with Crippen LogP contribution in [0, 0.1) is 13.0 Å². The third-order valence-corrected chi connectivity index (χ3v) is 3.34. The van der Waals surface area contributed by atoms with Crippen LogP contribution in [0.1, 0.15) is 10.4 Å². The number of nitrogens with zero attached hydrogens (tertiary/aromatic N) is 1. The van der Waals surface area contributed by atoms with Gasteiger partial charge in [-0.05, 0) is 4.88 Å². The third kappa shape index (κ3) is 2.43. The van der Waals surface area contributed by atoms with Gasteiger partial charge in [0.2, 0.25) is 0 Å². The Kier molecular flexibility index (Phi) is 4.40. The molecule has 1 aromatic carbocycles. The molecule has 0 N–H and O–H groups in total. The topological polar surface area (TPSA) is 22.3 Å². The standard InChI is InChI=1S/C12H9NS.Ir/c1-9-10-5-2-3-6-12(10)14-11(9)7-4-8-13;/h2-4,6-8H,1H3;/q-2;/b7-4-;. The van der Waals surface area contributed by atoms with E-state index in [1.165, 1.54) is 20.5 Å². The molecule has 79 valence electrons. The quantitative estimate of drug-likeness (QED) is 0.551. The smallest absolute Gasteiger partial charge is 0 e. The Bertz CT molecular complexity index is 499. The Hall–Kier alpha value is -0.761. The van der Waals surface area contributed by atoms with E-state index in [0.29, 0.717) is 0 Å². The summed E-state index contributed by atoms with van der Waals surface area (Å²) >= 11 is 1.71. The van der Waals surface area contributed by atoms with Crippen molar-refractivity contribution < 1.29 is 20.1 Å². The third-order valence-electron chi connectivity index (χ3n) is 2.12. The number of benzene rings is 1. The monoisotopic (exact) mass is 392 g/mol. The molecule has 1 radical (unpaired) electrons. The van der Waals surface area contributed by atoms with Crippen molar-refractivity contribution in [3.63, 3.8) is 0 Å². The van der Waals surface area contributed by atoms with Gasteiger partial charge in [-0.15, -0.1) is 35.2 Å². The molecule has 0 amide bonds. The SMILES string of the molecule is Cc1c(/C=C\C=[N-])sc2ccc[c-]c12.[Ir].